The number of benzene rings is 1. The molecule has 0 saturated carbocycles. The summed E-state index contributed by atoms with van der Waals surface area (Å²) in [6, 6.07) is 7.11. The normalized spacial score (nSPS) is 22.8. The quantitative estimate of drug-likeness (QED) is 0.823. The summed E-state index contributed by atoms with van der Waals surface area (Å²) in [6.45, 7) is 1.20. The molecule has 7 nitrogen and oxygen atoms in total. The Morgan fingerprint density at radius 3 is 2.77 bits per heavy atom. The molecule has 1 aromatic heterocycles. The van der Waals surface area contributed by atoms with Crippen LogP contribution >= 0.6 is 0 Å². The van der Waals surface area contributed by atoms with Crippen molar-refractivity contribution in [3.05, 3.63) is 47.4 Å². The van der Waals surface area contributed by atoms with Crippen molar-refractivity contribution >= 4 is 11.7 Å². The smallest absolute Gasteiger partial charge is 0.364 e. The maximum atomic E-state index is 13.2. The van der Waals surface area contributed by atoms with E-state index in [1.165, 1.54) is 0 Å². The van der Waals surface area contributed by atoms with Crippen molar-refractivity contribution in [2.24, 2.45) is 0 Å². The maximum absolute atomic E-state index is 13.2. The van der Waals surface area contributed by atoms with Crippen molar-refractivity contribution < 1.29 is 23.6 Å². The Bertz CT molecular complexity index is 875. The number of carbonyl (C=O) groups excluding carboxylic acids is 1. The molecule has 1 unspecified atom stereocenters. The summed E-state index contributed by atoms with van der Waals surface area (Å²) in [7, 11) is 1.63. The van der Waals surface area contributed by atoms with Crippen molar-refractivity contribution in [2.75, 3.05) is 25.6 Å². The van der Waals surface area contributed by atoms with Crippen LogP contribution in [0, 0.1) is 0 Å². The minimum atomic E-state index is -0.602. The van der Waals surface area contributed by atoms with Crippen LogP contribution in [0.3, 0.4) is 0 Å². The lowest BCUT2D eigenvalue weighted by Crippen LogP contribution is -2.51. The zero-order valence-corrected chi connectivity index (χ0v) is 14.5. The van der Waals surface area contributed by atoms with Crippen molar-refractivity contribution in [3.63, 3.8) is 0 Å². The van der Waals surface area contributed by atoms with E-state index >= 15 is 0 Å². The van der Waals surface area contributed by atoms with Crippen LogP contribution in [0.1, 0.15) is 34.2 Å². The van der Waals surface area contributed by atoms with E-state index in [1.54, 1.807) is 17.9 Å². The Kier molecular flexibility index (Phi) is 3.48. The van der Waals surface area contributed by atoms with Crippen LogP contribution in [0.4, 0.5) is 5.82 Å². The average molecular weight is 354 g/mol. The van der Waals surface area contributed by atoms with E-state index in [4.69, 9.17) is 14.2 Å². The van der Waals surface area contributed by atoms with Gasteiger partial charge in [-0.15, -0.1) is 0 Å². The SMILES string of the molecule is COc1ccc(C2Nc3cnc4c([n+]3C2=O)CC2(CC4)OCCO2)cc1. The zero-order valence-electron chi connectivity index (χ0n) is 14.5. The molecule has 5 rings (SSSR count). The van der Waals surface area contributed by atoms with Gasteiger partial charge < -0.3 is 14.2 Å². The van der Waals surface area contributed by atoms with Gasteiger partial charge in [0.2, 0.25) is 6.04 Å². The van der Waals surface area contributed by atoms with Gasteiger partial charge >= 0.3 is 11.7 Å². The van der Waals surface area contributed by atoms with Gasteiger partial charge in [0.25, 0.3) is 0 Å². The van der Waals surface area contributed by atoms with Gasteiger partial charge in [0.1, 0.15) is 17.6 Å². The van der Waals surface area contributed by atoms with Gasteiger partial charge in [0, 0.05) is 12.0 Å². The topological polar surface area (TPSA) is 73.6 Å². The largest absolute Gasteiger partial charge is 0.497 e. The lowest BCUT2D eigenvalue weighted by Gasteiger charge is -2.31. The van der Waals surface area contributed by atoms with Gasteiger partial charge in [-0.2, -0.15) is 4.57 Å². The molecule has 7 heteroatoms. The number of nitrogens with zero attached hydrogens (tertiary/aromatic N) is 2. The van der Waals surface area contributed by atoms with Crippen LogP contribution in [0.25, 0.3) is 0 Å². The Morgan fingerprint density at radius 1 is 1.27 bits per heavy atom. The predicted octanol–water partition coefficient (Wildman–Crippen LogP) is 1.42. The summed E-state index contributed by atoms with van der Waals surface area (Å²) < 4.78 is 18.7. The number of methoxy groups -OCH3 is 1. The third-order valence-corrected chi connectivity index (χ3v) is 5.39. The molecule has 3 aliphatic rings. The number of rotatable bonds is 2. The van der Waals surface area contributed by atoms with Crippen molar-refractivity contribution in [1.29, 1.82) is 0 Å². The molecule has 0 bridgehead atoms. The molecule has 3 heterocycles. The third-order valence-electron chi connectivity index (χ3n) is 5.39. The second-order valence-electron chi connectivity index (χ2n) is 6.85. The Balaban J connectivity index is 1.51. The van der Waals surface area contributed by atoms with Gasteiger partial charge in [0.15, 0.2) is 5.79 Å². The van der Waals surface area contributed by atoms with Crippen LogP contribution in [0.5, 0.6) is 5.75 Å². The second kappa shape index (κ2) is 5.75. The summed E-state index contributed by atoms with van der Waals surface area (Å²) in [5.74, 6) is 0.874. The molecule has 1 spiro atoms. The Morgan fingerprint density at radius 2 is 2.04 bits per heavy atom. The minimum Gasteiger partial charge on any atom is -0.497 e. The highest BCUT2D eigenvalue weighted by molar-refractivity contribution is 5.83. The fourth-order valence-electron chi connectivity index (χ4n) is 4.05. The minimum absolute atomic E-state index is 0.00105. The Labute approximate surface area is 150 Å². The molecule has 1 aromatic carbocycles. The summed E-state index contributed by atoms with van der Waals surface area (Å²) in [4.78, 5) is 17.8. The molecule has 134 valence electrons. The second-order valence-corrected chi connectivity index (χ2v) is 6.85. The molecule has 1 saturated heterocycles. The maximum Gasteiger partial charge on any atom is 0.364 e. The molecule has 2 aromatic rings. The zero-order chi connectivity index (χ0) is 17.7. The molecule has 1 N–H and O–H groups in total. The first-order chi connectivity index (χ1) is 12.7. The highest BCUT2D eigenvalue weighted by Crippen LogP contribution is 2.35. The molecule has 0 amide bonds. The number of ether oxygens (including phenoxy) is 3. The van der Waals surface area contributed by atoms with Crippen LogP contribution < -0.4 is 14.6 Å². The summed E-state index contributed by atoms with van der Waals surface area (Å²) in [5.41, 5.74) is 2.74. The number of nitrogens with one attached hydrogen (secondary N) is 1. The van der Waals surface area contributed by atoms with E-state index in [0.717, 1.165) is 35.5 Å². The van der Waals surface area contributed by atoms with Gasteiger partial charge in [-0.05, 0) is 18.6 Å². The van der Waals surface area contributed by atoms with E-state index < -0.39 is 11.8 Å². The first kappa shape index (κ1) is 15.7. The van der Waals surface area contributed by atoms with Crippen LogP contribution in [-0.4, -0.2) is 37.0 Å². The van der Waals surface area contributed by atoms with Gasteiger partial charge in [-0.1, -0.05) is 12.1 Å². The van der Waals surface area contributed by atoms with E-state index in [9.17, 15) is 4.79 Å². The van der Waals surface area contributed by atoms with Crippen molar-refractivity contribution in [2.45, 2.75) is 31.1 Å². The summed E-state index contributed by atoms with van der Waals surface area (Å²) in [5, 5.41) is 3.30. The monoisotopic (exact) mass is 354 g/mol. The molecular weight excluding hydrogens is 334 g/mol. The van der Waals surface area contributed by atoms with E-state index in [-0.39, 0.29) is 5.91 Å². The number of hydrogen-bond donors (Lipinski definition) is 1. The van der Waals surface area contributed by atoms with Gasteiger partial charge in [-0.3, -0.25) is 5.32 Å². The molecule has 1 aliphatic carbocycles. The lowest BCUT2D eigenvalue weighted by molar-refractivity contribution is -0.565. The molecular formula is C19H20N3O4+. The lowest BCUT2D eigenvalue weighted by atomic mass is 9.93. The molecule has 26 heavy (non-hydrogen) atoms. The predicted molar refractivity (Wildman–Crippen MR) is 91.1 cm³/mol. The number of hydrogen-bond acceptors (Lipinski definition) is 6. The van der Waals surface area contributed by atoms with Gasteiger partial charge in [-0.25, -0.2) is 9.78 Å². The van der Waals surface area contributed by atoms with Crippen LogP contribution in [0.2, 0.25) is 0 Å². The molecule has 1 fully saturated rings. The van der Waals surface area contributed by atoms with Crippen LogP contribution in [-0.2, 0) is 22.3 Å². The number of anilines is 1. The van der Waals surface area contributed by atoms with Crippen molar-refractivity contribution in [1.82, 2.24) is 4.98 Å². The van der Waals surface area contributed by atoms with E-state index in [1.807, 2.05) is 24.3 Å². The molecule has 1 atom stereocenters. The highest BCUT2D eigenvalue weighted by Gasteiger charge is 2.48. The highest BCUT2D eigenvalue weighted by atomic mass is 16.7. The Hall–Kier alpha value is -2.51. The fraction of sp³-hybridized carbons (Fsp3) is 0.421. The van der Waals surface area contributed by atoms with E-state index in [0.29, 0.717) is 25.5 Å². The summed E-state index contributed by atoms with van der Waals surface area (Å²) in [6.07, 6.45) is 3.81. The number of fused-ring (bicyclic) bond motifs is 3. The van der Waals surface area contributed by atoms with Crippen molar-refractivity contribution in [3.8, 4) is 5.75 Å². The molecule has 2 aliphatic heterocycles. The molecule has 0 radical (unpaired) electrons. The third kappa shape index (κ3) is 2.31. The van der Waals surface area contributed by atoms with Gasteiger partial charge in [0.05, 0.1) is 32.4 Å². The number of aryl methyl sites for hydroxylation is 1. The number of carbonyl (C=O) groups is 1. The van der Waals surface area contributed by atoms with Crippen LogP contribution in [0.15, 0.2) is 30.5 Å². The van der Waals surface area contributed by atoms with E-state index in [2.05, 4.69) is 10.3 Å². The first-order valence-electron chi connectivity index (χ1n) is 8.85. The fourth-order valence-corrected chi connectivity index (χ4v) is 4.05. The summed E-state index contributed by atoms with van der Waals surface area (Å²) >= 11 is 0. The standard InChI is InChI=1S/C19H19N3O4/c1-24-13-4-2-12(3-5-13)17-18(23)22-15-10-19(25-8-9-26-19)7-6-14(15)20-11-16(22)21-17/h2-5,11,17H,6-10H2,1H3/p+1. The average Bonchev–Trinajstić information content (AvgIpc) is 3.26. The first-order valence-corrected chi connectivity index (χ1v) is 8.85. The number of aromatic nitrogens is 2.